The Bertz CT molecular complexity index is 1180. The highest BCUT2D eigenvalue weighted by Gasteiger charge is 2.27. The smallest absolute Gasteiger partial charge is 0.242 e. The van der Waals surface area contributed by atoms with Gasteiger partial charge < -0.3 is 10.2 Å². The van der Waals surface area contributed by atoms with Gasteiger partial charge >= 0.3 is 0 Å². The second kappa shape index (κ2) is 14.0. The Labute approximate surface area is 231 Å². The number of rotatable bonds is 13. The molecule has 2 rings (SSSR count). The van der Waals surface area contributed by atoms with E-state index in [1.165, 1.54) is 9.21 Å². The molecular formula is C27H37Cl2N3O4S. The molecule has 0 spiro atoms. The number of benzene rings is 2. The van der Waals surface area contributed by atoms with Gasteiger partial charge in [0.15, 0.2) is 0 Å². The highest BCUT2D eigenvalue weighted by Crippen LogP contribution is 2.25. The van der Waals surface area contributed by atoms with Gasteiger partial charge in [0.1, 0.15) is 6.04 Å². The maximum absolute atomic E-state index is 13.4. The molecule has 37 heavy (non-hydrogen) atoms. The highest BCUT2D eigenvalue weighted by molar-refractivity contribution is 7.92. The van der Waals surface area contributed by atoms with Gasteiger partial charge in [-0.1, -0.05) is 48.7 Å². The average Bonchev–Trinajstić information content (AvgIpc) is 2.79. The first-order valence-electron chi connectivity index (χ1n) is 12.4. The molecule has 10 heteroatoms. The van der Waals surface area contributed by atoms with E-state index >= 15 is 0 Å². The van der Waals surface area contributed by atoms with Crippen LogP contribution in [0.5, 0.6) is 0 Å². The molecule has 0 fully saturated rings. The number of hydrogen-bond donors (Lipinski definition) is 1. The SMILES string of the molecule is CCCCNC(=O)C(C)N(Cc1ccc(Cl)cc1Cl)C(=O)CCCN(c1cc(C)cc(C)c1)S(C)(=O)=O. The van der Waals surface area contributed by atoms with Gasteiger partial charge in [0.2, 0.25) is 21.8 Å². The predicted molar refractivity (Wildman–Crippen MR) is 152 cm³/mol. The zero-order valence-electron chi connectivity index (χ0n) is 22.2. The summed E-state index contributed by atoms with van der Waals surface area (Å²) in [7, 11) is -3.56. The van der Waals surface area contributed by atoms with Gasteiger partial charge in [-0.15, -0.1) is 0 Å². The largest absolute Gasteiger partial charge is 0.354 e. The molecule has 2 aromatic rings. The van der Waals surface area contributed by atoms with E-state index in [0.29, 0.717) is 27.8 Å². The van der Waals surface area contributed by atoms with Gasteiger partial charge in [0.05, 0.1) is 11.9 Å². The lowest BCUT2D eigenvalue weighted by Crippen LogP contribution is -2.48. The van der Waals surface area contributed by atoms with Gasteiger partial charge in [-0.3, -0.25) is 13.9 Å². The van der Waals surface area contributed by atoms with Crippen LogP contribution in [-0.2, 0) is 26.2 Å². The lowest BCUT2D eigenvalue weighted by molar-refractivity contribution is -0.140. The van der Waals surface area contributed by atoms with E-state index in [9.17, 15) is 18.0 Å². The van der Waals surface area contributed by atoms with Crippen LogP contribution >= 0.6 is 23.2 Å². The third kappa shape index (κ3) is 9.51. The van der Waals surface area contributed by atoms with Crippen molar-refractivity contribution in [2.75, 3.05) is 23.7 Å². The van der Waals surface area contributed by atoms with Crippen LogP contribution in [0.25, 0.3) is 0 Å². The van der Waals surface area contributed by atoms with E-state index in [1.807, 2.05) is 39.0 Å². The van der Waals surface area contributed by atoms with Crippen LogP contribution in [0.15, 0.2) is 36.4 Å². The number of aryl methyl sites for hydroxylation is 2. The van der Waals surface area contributed by atoms with Crippen LogP contribution < -0.4 is 9.62 Å². The van der Waals surface area contributed by atoms with Gasteiger partial charge in [0, 0.05) is 36.1 Å². The first kappa shape index (κ1) is 30.9. The van der Waals surface area contributed by atoms with Crippen molar-refractivity contribution in [1.29, 1.82) is 0 Å². The number of unbranched alkanes of at least 4 members (excludes halogenated alkanes) is 1. The Morgan fingerprint density at radius 3 is 2.24 bits per heavy atom. The summed E-state index contributed by atoms with van der Waals surface area (Å²) < 4.78 is 26.4. The molecule has 0 saturated heterocycles. The van der Waals surface area contributed by atoms with Gasteiger partial charge in [0.25, 0.3) is 0 Å². The fraction of sp³-hybridized carbons (Fsp3) is 0.481. The molecule has 0 aliphatic rings. The minimum Gasteiger partial charge on any atom is -0.354 e. The molecule has 1 unspecified atom stereocenters. The fourth-order valence-electron chi connectivity index (χ4n) is 4.05. The summed E-state index contributed by atoms with van der Waals surface area (Å²) in [6, 6.07) is 9.88. The lowest BCUT2D eigenvalue weighted by atomic mass is 10.1. The van der Waals surface area contributed by atoms with Crippen molar-refractivity contribution in [3.8, 4) is 0 Å². The van der Waals surface area contributed by atoms with Crippen molar-refractivity contribution in [1.82, 2.24) is 10.2 Å². The molecule has 2 amide bonds. The van der Waals surface area contributed by atoms with Crippen LogP contribution in [0, 0.1) is 13.8 Å². The number of amides is 2. The molecule has 7 nitrogen and oxygen atoms in total. The molecular weight excluding hydrogens is 533 g/mol. The molecule has 0 saturated carbocycles. The molecule has 0 bridgehead atoms. The summed E-state index contributed by atoms with van der Waals surface area (Å²) in [5, 5.41) is 3.76. The number of carbonyl (C=O) groups is 2. The van der Waals surface area contributed by atoms with Crippen molar-refractivity contribution in [3.05, 3.63) is 63.1 Å². The standard InChI is InChI=1S/C27H37Cl2N3O4S/c1-6-7-12-30-27(34)21(4)31(18-22-10-11-23(28)17-25(22)29)26(33)9-8-13-32(37(5,35)36)24-15-19(2)14-20(3)16-24/h10-11,14-17,21H,6-9,12-13,18H2,1-5H3,(H,30,34). The Hall–Kier alpha value is -2.29. The Morgan fingerprint density at radius 2 is 1.68 bits per heavy atom. The molecule has 204 valence electrons. The lowest BCUT2D eigenvalue weighted by Gasteiger charge is -2.30. The monoisotopic (exact) mass is 569 g/mol. The molecule has 1 atom stereocenters. The van der Waals surface area contributed by atoms with E-state index in [-0.39, 0.29) is 37.7 Å². The van der Waals surface area contributed by atoms with Crippen LogP contribution in [-0.4, -0.2) is 50.5 Å². The Morgan fingerprint density at radius 1 is 1.03 bits per heavy atom. The third-order valence-electron chi connectivity index (χ3n) is 6.00. The van der Waals surface area contributed by atoms with E-state index in [4.69, 9.17) is 23.2 Å². The van der Waals surface area contributed by atoms with E-state index in [0.717, 1.165) is 30.2 Å². The number of halogens is 2. The van der Waals surface area contributed by atoms with E-state index in [1.54, 1.807) is 25.1 Å². The minimum atomic E-state index is -3.56. The highest BCUT2D eigenvalue weighted by atomic mass is 35.5. The van der Waals surface area contributed by atoms with Gasteiger partial charge in [-0.25, -0.2) is 8.42 Å². The zero-order valence-corrected chi connectivity index (χ0v) is 24.5. The molecule has 0 aliphatic carbocycles. The van der Waals surface area contributed by atoms with Gasteiger partial charge in [-0.2, -0.15) is 0 Å². The molecule has 0 aliphatic heterocycles. The van der Waals surface area contributed by atoms with Crippen molar-refractivity contribution in [2.45, 2.75) is 66.0 Å². The molecule has 0 aromatic heterocycles. The molecule has 1 N–H and O–H groups in total. The maximum atomic E-state index is 13.4. The minimum absolute atomic E-state index is 0.0641. The summed E-state index contributed by atoms with van der Waals surface area (Å²) in [6.07, 6.45) is 3.29. The summed E-state index contributed by atoms with van der Waals surface area (Å²) in [5.41, 5.74) is 3.14. The van der Waals surface area contributed by atoms with Crippen LogP contribution in [0.1, 0.15) is 56.2 Å². The topological polar surface area (TPSA) is 86.8 Å². The number of nitrogens with zero attached hydrogens (tertiary/aromatic N) is 2. The second-order valence-corrected chi connectivity index (χ2v) is 12.1. The van der Waals surface area contributed by atoms with E-state index < -0.39 is 16.1 Å². The quantitative estimate of drug-likeness (QED) is 0.323. The molecule has 2 aromatic carbocycles. The number of anilines is 1. The van der Waals surface area contributed by atoms with Crippen LogP contribution in [0.2, 0.25) is 10.0 Å². The maximum Gasteiger partial charge on any atom is 0.242 e. The third-order valence-corrected chi connectivity index (χ3v) is 7.78. The van der Waals surface area contributed by atoms with Crippen molar-refractivity contribution >= 4 is 50.7 Å². The van der Waals surface area contributed by atoms with Crippen LogP contribution in [0.4, 0.5) is 5.69 Å². The normalized spacial score (nSPS) is 12.2. The Balaban J connectivity index is 2.21. The van der Waals surface area contributed by atoms with Crippen LogP contribution in [0.3, 0.4) is 0 Å². The average molecular weight is 571 g/mol. The molecule has 0 heterocycles. The number of nitrogens with one attached hydrogen (secondary N) is 1. The first-order chi connectivity index (χ1) is 17.3. The predicted octanol–water partition coefficient (Wildman–Crippen LogP) is 5.49. The first-order valence-corrected chi connectivity index (χ1v) is 15.0. The second-order valence-electron chi connectivity index (χ2n) is 9.36. The zero-order chi connectivity index (χ0) is 27.8. The van der Waals surface area contributed by atoms with Gasteiger partial charge in [-0.05, 0) is 74.6 Å². The number of carbonyl (C=O) groups excluding carboxylic acids is 2. The van der Waals surface area contributed by atoms with Crippen molar-refractivity contribution in [2.24, 2.45) is 0 Å². The number of sulfonamides is 1. The van der Waals surface area contributed by atoms with Crippen molar-refractivity contribution < 1.29 is 18.0 Å². The summed E-state index contributed by atoms with van der Waals surface area (Å²) in [6.45, 7) is 8.33. The fourth-order valence-corrected chi connectivity index (χ4v) is 5.47. The summed E-state index contributed by atoms with van der Waals surface area (Å²) >= 11 is 12.4. The number of hydrogen-bond acceptors (Lipinski definition) is 4. The van der Waals surface area contributed by atoms with Crippen molar-refractivity contribution in [3.63, 3.8) is 0 Å². The summed E-state index contributed by atoms with van der Waals surface area (Å²) in [5.74, 6) is -0.516. The molecule has 0 radical (unpaired) electrons. The van der Waals surface area contributed by atoms with E-state index in [2.05, 4.69) is 5.32 Å². The summed E-state index contributed by atoms with van der Waals surface area (Å²) in [4.78, 5) is 27.7. The Kier molecular flexibility index (Phi) is 11.7.